The second-order valence-corrected chi connectivity index (χ2v) is 7.58. The van der Waals surface area contributed by atoms with E-state index in [1.165, 1.54) is 57.3 Å². The SMILES string of the molecule is c1cc(CO[C@@H]2COC3(CCN(CC4CCC4)CC3)C2)ccn1. The van der Waals surface area contributed by atoms with E-state index in [-0.39, 0.29) is 11.7 Å². The van der Waals surface area contributed by atoms with Gasteiger partial charge in [0, 0.05) is 38.4 Å². The van der Waals surface area contributed by atoms with Crippen molar-refractivity contribution in [3.63, 3.8) is 0 Å². The van der Waals surface area contributed by atoms with Gasteiger partial charge in [-0.05, 0) is 49.3 Å². The summed E-state index contributed by atoms with van der Waals surface area (Å²) >= 11 is 0. The maximum Gasteiger partial charge on any atom is 0.0840 e. The van der Waals surface area contributed by atoms with Gasteiger partial charge in [-0.15, -0.1) is 0 Å². The van der Waals surface area contributed by atoms with Gasteiger partial charge in [0.2, 0.25) is 0 Å². The molecule has 0 aromatic carbocycles. The number of likely N-dealkylation sites (tertiary alicyclic amines) is 1. The first-order valence-electron chi connectivity index (χ1n) is 9.18. The van der Waals surface area contributed by atoms with Crippen molar-refractivity contribution in [1.82, 2.24) is 9.88 Å². The first-order valence-corrected chi connectivity index (χ1v) is 9.18. The van der Waals surface area contributed by atoms with Gasteiger partial charge in [0.1, 0.15) is 0 Å². The molecular formula is C19H28N2O2. The van der Waals surface area contributed by atoms with Crippen LogP contribution < -0.4 is 0 Å². The van der Waals surface area contributed by atoms with Crippen LogP contribution in [0.5, 0.6) is 0 Å². The molecule has 1 spiro atoms. The molecule has 0 amide bonds. The van der Waals surface area contributed by atoms with Gasteiger partial charge in [0.25, 0.3) is 0 Å². The Morgan fingerprint density at radius 2 is 2.00 bits per heavy atom. The predicted molar refractivity (Wildman–Crippen MR) is 89.1 cm³/mol. The molecule has 4 rings (SSSR count). The molecule has 0 bridgehead atoms. The lowest BCUT2D eigenvalue weighted by molar-refractivity contribution is -0.0490. The van der Waals surface area contributed by atoms with Crippen LogP contribution in [-0.4, -0.2) is 47.8 Å². The number of hydrogen-bond acceptors (Lipinski definition) is 4. The van der Waals surface area contributed by atoms with Gasteiger partial charge in [-0.2, -0.15) is 0 Å². The Bertz CT molecular complexity index is 495. The van der Waals surface area contributed by atoms with Gasteiger partial charge in [0.15, 0.2) is 0 Å². The summed E-state index contributed by atoms with van der Waals surface area (Å²) in [6.07, 6.45) is 11.7. The van der Waals surface area contributed by atoms with Crippen LogP contribution in [0, 0.1) is 5.92 Å². The van der Waals surface area contributed by atoms with Gasteiger partial charge < -0.3 is 14.4 Å². The summed E-state index contributed by atoms with van der Waals surface area (Å²) in [5, 5.41) is 0. The summed E-state index contributed by atoms with van der Waals surface area (Å²) in [7, 11) is 0. The maximum atomic E-state index is 6.21. The van der Waals surface area contributed by atoms with E-state index >= 15 is 0 Å². The smallest absolute Gasteiger partial charge is 0.0840 e. The third-order valence-corrected chi connectivity index (χ3v) is 5.92. The first kappa shape index (κ1) is 15.6. The summed E-state index contributed by atoms with van der Waals surface area (Å²) in [6.45, 7) is 5.15. The van der Waals surface area contributed by atoms with Gasteiger partial charge in [0.05, 0.1) is 24.9 Å². The average Bonchev–Trinajstić information content (AvgIpc) is 2.95. The van der Waals surface area contributed by atoms with Crippen molar-refractivity contribution in [2.75, 3.05) is 26.2 Å². The molecule has 2 saturated heterocycles. The maximum absolute atomic E-state index is 6.21. The molecule has 4 heteroatoms. The highest BCUT2D eigenvalue weighted by atomic mass is 16.6. The fourth-order valence-electron chi connectivity index (χ4n) is 4.13. The minimum Gasteiger partial charge on any atom is -0.372 e. The van der Waals surface area contributed by atoms with Crippen molar-refractivity contribution in [3.8, 4) is 0 Å². The quantitative estimate of drug-likeness (QED) is 0.836. The summed E-state index contributed by atoms with van der Waals surface area (Å²) in [4.78, 5) is 6.70. The van der Waals surface area contributed by atoms with Crippen molar-refractivity contribution in [2.24, 2.45) is 5.92 Å². The van der Waals surface area contributed by atoms with E-state index in [9.17, 15) is 0 Å². The molecule has 0 unspecified atom stereocenters. The highest BCUT2D eigenvalue weighted by molar-refractivity contribution is 5.08. The van der Waals surface area contributed by atoms with Crippen LogP contribution in [0.2, 0.25) is 0 Å². The van der Waals surface area contributed by atoms with E-state index in [1.807, 2.05) is 24.5 Å². The molecule has 2 aliphatic heterocycles. The fourth-order valence-corrected chi connectivity index (χ4v) is 4.13. The molecule has 126 valence electrons. The zero-order chi connectivity index (χ0) is 15.5. The molecule has 1 aromatic heterocycles. The van der Waals surface area contributed by atoms with E-state index in [0.717, 1.165) is 18.9 Å². The molecule has 23 heavy (non-hydrogen) atoms. The van der Waals surface area contributed by atoms with Crippen LogP contribution in [0.25, 0.3) is 0 Å². The van der Waals surface area contributed by atoms with E-state index in [1.54, 1.807) is 0 Å². The average molecular weight is 316 g/mol. The summed E-state index contributed by atoms with van der Waals surface area (Å²) in [6, 6.07) is 4.04. The van der Waals surface area contributed by atoms with Crippen molar-refractivity contribution in [2.45, 2.75) is 56.8 Å². The minimum atomic E-state index is 0.0963. The molecule has 0 radical (unpaired) electrons. The Balaban J connectivity index is 1.22. The minimum absolute atomic E-state index is 0.0963. The molecule has 1 atom stereocenters. The lowest BCUT2D eigenvalue weighted by Crippen LogP contribution is -2.46. The van der Waals surface area contributed by atoms with Crippen molar-refractivity contribution >= 4 is 0 Å². The molecule has 1 saturated carbocycles. The highest BCUT2D eigenvalue weighted by Gasteiger charge is 2.43. The van der Waals surface area contributed by atoms with Crippen LogP contribution in [0.3, 0.4) is 0 Å². The Morgan fingerprint density at radius 3 is 2.70 bits per heavy atom. The molecule has 3 aliphatic rings. The van der Waals surface area contributed by atoms with E-state index in [0.29, 0.717) is 6.61 Å². The normalized spacial score (nSPS) is 28.1. The number of nitrogens with zero attached hydrogens (tertiary/aromatic N) is 2. The zero-order valence-electron chi connectivity index (χ0n) is 14.0. The number of hydrogen-bond donors (Lipinski definition) is 0. The lowest BCUT2D eigenvalue weighted by atomic mass is 9.83. The van der Waals surface area contributed by atoms with Gasteiger partial charge >= 0.3 is 0 Å². The number of pyridine rings is 1. The molecular weight excluding hydrogens is 288 g/mol. The molecule has 1 aliphatic carbocycles. The Kier molecular flexibility index (Phi) is 4.65. The van der Waals surface area contributed by atoms with Crippen LogP contribution in [-0.2, 0) is 16.1 Å². The number of aromatic nitrogens is 1. The van der Waals surface area contributed by atoms with E-state index in [2.05, 4.69) is 9.88 Å². The largest absolute Gasteiger partial charge is 0.372 e. The zero-order valence-corrected chi connectivity index (χ0v) is 14.0. The van der Waals surface area contributed by atoms with Crippen LogP contribution in [0.15, 0.2) is 24.5 Å². The van der Waals surface area contributed by atoms with Crippen molar-refractivity contribution in [1.29, 1.82) is 0 Å². The number of rotatable bonds is 5. The van der Waals surface area contributed by atoms with Crippen LogP contribution >= 0.6 is 0 Å². The van der Waals surface area contributed by atoms with Gasteiger partial charge in [-0.1, -0.05) is 6.42 Å². The van der Waals surface area contributed by atoms with Crippen molar-refractivity contribution < 1.29 is 9.47 Å². The lowest BCUT2D eigenvalue weighted by Gasteiger charge is -2.41. The van der Waals surface area contributed by atoms with Crippen molar-refractivity contribution in [3.05, 3.63) is 30.1 Å². The standard InChI is InChI=1S/C19H28N2O2/c1-2-16(3-1)13-21-10-6-19(7-11-21)12-18(15-23-19)22-14-17-4-8-20-9-5-17/h4-5,8-9,16,18H,1-3,6-7,10-15H2/t18-/m0/s1. The molecule has 3 fully saturated rings. The predicted octanol–water partition coefficient (Wildman–Crippen LogP) is 3.02. The summed E-state index contributed by atoms with van der Waals surface area (Å²) in [5.41, 5.74) is 1.29. The molecule has 3 heterocycles. The van der Waals surface area contributed by atoms with Crippen LogP contribution in [0.1, 0.15) is 44.1 Å². The Morgan fingerprint density at radius 1 is 1.22 bits per heavy atom. The van der Waals surface area contributed by atoms with Crippen LogP contribution in [0.4, 0.5) is 0 Å². The Hall–Kier alpha value is -0.970. The second-order valence-electron chi connectivity index (χ2n) is 7.58. The molecule has 1 aromatic rings. The van der Waals surface area contributed by atoms with E-state index in [4.69, 9.17) is 9.47 Å². The summed E-state index contributed by atoms with van der Waals surface area (Å²) < 4.78 is 12.3. The highest BCUT2D eigenvalue weighted by Crippen LogP contribution is 2.38. The Labute approximate surface area is 139 Å². The molecule has 4 nitrogen and oxygen atoms in total. The third-order valence-electron chi connectivity index (χ3n) is 5.92. The topological polar surface area (TPSA) is 34.6 Å². The summed E-state index contributed by atoms with van der Waals surface area (Å²) in [5.74, 6) is 0.977. The third kappa shape index (κ3) is 3.76. The second kappa shape index (κ2) is 6.88. The van der Waals surface area contributed by atoms with Gasteiger partial charge in [-0.3, -0.25) is 4.98 Å². The fraction of sp³-hybridized carbons (Fsp3) is 0.737. The molecule has 0 N–H and O–H groups in total. The monoisotopic (exact) mass is 316 g/mol. The number of piperidine rings is 1. The van der Waals surface area contributed by atoms with Gasteiger partial charge in [-0.25, -0.2) is 0 Å². The first-order chi connectivity index (χ1) is 11.3. The van der Waals surface area contributed by atoms with E-state index < -0.39 is 0 Å². The number of ether oxygens (including phenoxy) is 2.